The second kappa shape index (κ2) is 8.65. The quantitative estimate of drug-likeness (QED) is 0.879. The number of nitrogens with zero attached hydrogens (tertiary/aromatic N) is 1. The van der Waals surface area contributed by atoms with E-state index in [1.165, 1.54) is 37.7 Å². The van der Waals surface area contributed by atoms with Gasteiger partial charge in [0.2, 0.25) is 10.0 Å². The SMILES string of the molecule is CN(C1CCNCC1)S(=O)(=O)c1ccc(C2CCCCC2)cc1.Cl. The number of piperidine rings is 1. The molecule has 4 nitrogen and oxygen atoms in total. The largest absolute Gasteiger partial charge is 0.317 e. The molecule has 1 N–H and O–H groups in total. The number of rotatable bonds is 4. The van der Waals surface area contributed by atoms with E-state index in [2.05, 4.69) is 5.32 Å². The molecule has 2 aliphatic rings. The van der Waals surface area contributed by atoms with Crippen LogP contribution in [0.5, 0.6) is 0 Å². The summed E-state index contributed by atoms with van der Waals surface area (Å²) in [6.07, 6.45) is 8.17. The molecule has 1 saturated carbocycles. The molecule has 1 heterocycles. The number of halogens is 1. The fourth-order valence-corrected chi connectivity index (χ4v) is 5.30. The number of sulfonamides is 1. The van der Waals surface area contributed by atoms with Gasteiger partial charge in [0.25, 0.3) is 0 Å². The molecule has 0 radical (unpaired) electrons. The van der Waals surface area contributed by atoms with Gasteiger partial charge >= 0.3 is 0 Å². The van der Waals surface area contributed by atoms with Crippen LogP contribution in [0.2, 0.25) is 0 Å². The maximum absolute atomic E-state index is 12.8. The molecule has 2 fully saturated rings. The van der Waals surface area contributed by atoms with Crippen LogP contribution in [-0.2, 0) is 10.0 Å². The van der Waals surface area contributed by atoms with Gasteiger partial charge in [-0.15, -0.1) is 12.4 Å². The minimum absolute atomic E-state index is 0. The summed E-state index contributed by atoms with van der Waals surface area (Å²) in [5.74, 6) is 0.614. The lowest BCUT2D eigenvalue weighted by Gasteiger charge is -2.31. The van der Waals surface area contributed by atoms with Gasteiger partial charge in [-0.05, 0) is 62.4 Å². The highest BCUT2D eigenvalue weighted by molar-refractivity contribution is 7.89. The molecule has 1 saturated heterocycles. The molecule has 0 aromatic heterocycles. The summed E-state index contributed by atoms with van der Waals surface area (Å²) >= 11 is 0. The monoisotopic (exact) mass is 372 g/mol. The summed E-state index contributed by atoms with van der Waals surface area (Å²) in [7, 11) is -1.66. The van der Waals surface area contributed by atoms with Gasteiger partial charge in [0.05, 0.1) is 4.90 Å². The Hall–Kier alpha value is -0.620. The number of hydrogen-bond acceptors (Lipinski definition) is 3. The molecule has 136 valence electrons. The van der Waals surface area contributed by atoms with E-state index in [9.17, 15) is 8.42 Å². The molecule has 0 atom stereocenters. The van der Waals surface area contributed by atoms with Crippen molar-refractivity contribution < 1.29 is 8.42 Å². The maximum atomic E-state index is 12.8. The van der Waals surface area contributed by atoms with E-state index in [0.29, 0.717) is 10.8 Å². The van der Waals surface area contributed by atoms with Gasteiger partial charge in [0, 0.05) is 13.1 Å². The number of hydrogen-bond donors (Lipinski definition) is 1. The van der Waals surface area contributed by atoms with Crippen molar-refractivity contribution in [3.63, 3.8) is 0 Å². The predicted octanol–water partition coefficient (Wildman–Crippen LogP) is 3.53. The van der Waals surface area contributed by atoms with E-state index in [-0.39, 0.29) is 18.4 Å². The maximum Gasteiger partial charge on any atom is 0.243 e. The van der Waals surface area contributed by atoms with Gasteiger partial charge in [-0.1, -0.05) is 31.4 Å². The van der Waals surface area contributed by atoms with Crippen LogP contribution in [-0.4, -0.2) is 38.9 Å². The first-order valence-corrected chi connectivity index (χ1v) is 10.3. The van der Waals surface area contributed by atoms with E-state index >= 15 is 0 Å². The van der Waals surface area contributed by atoms with Crippen molar-refractivity contribution in [2.75, 3.05) is 20.1 Å². The van der Waals surface area contributed by atoms with E-state index in [1.807, 2.05) is 12.1 Å². The van der Waals surface area contributed by atoms with Crippen molar-refractivity contribution in [1.29, 1.82) is 0 Å². The average Bonchev–Trinajstić information content (AvgIpc) is 2.62. The Morgan fingerprint density at radius 2 is 1.54 bits per heavy atom. The summed E-state index contributed by atoms with van der Waals surface area (Å²) in [5, 5.41) is 3.28. The lowest BCUT2D eigenvalue weighted by molar-refractivity contribution is 0.296. The van der Waals surface area contributed by atoms with Gasteiger partial charge in [-0.25, -0.2) is 8.42 Å². The fourth-order valence-electron chi connectivity index (χ4n) is 3.88. The lowest BCUT2D eigenvalue weighted by atomic mass is 9.84. The van der Waals surface area contributed by atoms with Crippen LogP contribution in [0.15, 0.2) is 29.2 Å². The van der Waals surface area contributed by atoms with Crippen LogP contribution in [0.3, 0.4) is 0 Å². The molecule has 1 aliphatic heterocycles. The summed E-state index contributed by atoms with van der Waals surface area (Å²) in [4.78, 5) is 0.429. The third-order valence-corrected chi connectivity index (χ3v) is 7.38. The summed E-state index contributed by atoms with van der Waals surface area (Å²) < 4.78 is 27.2. The van der Waals surface area contributed by atoms with Crippen molar-refractivity contribution in [3.05, 3.63) is 29.8 Å². The molecule has 0 bridgehead atoms. The van der Waals surface area contributed by atoms with E-state index in [0.717, 1.165) is 25.9 Å². The third-order valence-electron chi connectivity index (χ3n) is 5.46. The van der Waals surface area contributed by atoms with Gasteiger partial charge in [-0.3, -0.25) is 0 Å². The first kappa shape index (κ1) is 19.7. The molecule has 0 spiro atoms. The molecule has 1 aromatic carbocycles. The van der Waals surface area contributed by atoms with Crippen molar-refractivity contribution >= 4 is 22.4 Å². The van der Waals surface area contributed by atoms with Crippen LogP contribution < -0.4 is 5.32 Å². The molecule has 0 unspecified atom stereocenters. The average molecular weight is 373 g/mol. The Bertz CT molecular complexity index is 606. The van der Waals surface area contributed by atoms with E-state index < -0.39 is 10.0 Å². The Morgan fingerprint density at radius 1 is 0.958 bits per heavy atom. The zero-order valence-electron chi connectivity index (χ0n) is 14.4. The highest BCUT2D eigenvalue weighted by Crippen LogP contribution is 2.33. The van der Waals surface area contributed by atoms with Crippen molar-refractivity contribution in [1.82, 2.24) is 9.62 Å². The Morgan fingerprint density at radius 3 is 2.12 bits per heavy atom. The first-order chi connectivity index (χ1) is 11.1. The first-order valence-electron chi connectivity index (χ1n) is 8.88. The molecule has 1 aliphatic carbocycles. The summed E-state index contributed by atoms with van der Waals surface area (Å²) in [5.41, 5.74) is 1.30. The molecule has 3 rings (SSSR count). The van der Waals surface area contributed by atoms with Crippen LogP contribution in [0, 0.1) is 0 Å². The smallest absolute Gasteiger partial charge is 0.243 e. The topological polar surface area (TPSA) is 49.4 Å². The normalized spacial score (nSPS) is 20.8. The highest BCUT2D eigenvalue weighted by atomic mass is 35.5. The zero-order chi connectivity index (χ0) is 16.3. The van der Waals surface area contributed by atoms with Crippen LogP contribution in [0.4, 0.5) is 0 Å². The molecule has 6 heteroatoms. The Labute approximate surface area is 152 Å². The van der Waals surface area contributed by atoms with Gasteiger partial charge in [0.15, 0.2) is 0 Å². The molecule has 1 aromatic rings. The van der Waals surface area contributed by atoms with Gasteiger partial charge < -0.3 is 5.32 Å². The number of nitrogens with one attached hydrogen (secondary N) is 1. The van der Waals surface area contributed by atoms with Gasteiger partial charge in [0.1, 0.15) is 0 Å². The fraction of sp³-hybridized carbons (Fsp3) is 0.667. The summed E-state index contributed by atoms with van der Waals surface area (Å²) in [6.45, 7) is 1.79. The van der Waals surface area contributed by atoms with Gasteiger partial charge in [-0.2, -0.15) is 4.31 Å². The molecule has 0 amide bonds. The van der Waals surface area contributed by atoms with Crippen LogP contribution in [0.25, 0.3) is 0 Å². The number of benzene rings is 1. The Kier molecular flexibility index (Phi) is 7.10. The van der Waals surface area contributed by atoms with Crippen molar-refractivity contribution in [2.45, 2.75) is 61.8 Å². The highest BCUT2D eigenvalue weighted by Gasteiger charge is 2.29. The lowest BCUT2D eigenvalue weighted by Crippen LogP contribution is -2.43. The van der Waals surface area contributed by atoms with E-state index in [1.54, 1.807) is 23.5 Å². The summed E-state index contributed by atoms with van der Waals surface area (Å²) in [6, 6.07) is 7.77. The predicted molar refractivity (Wildman–Crippen MR) is 100 cm³/mol. The van der Waals surface area contributed by atoms with E-state index in [4.69, 9.17) is 0 Å². The molecular formula is C18H29ClN2O2S. The Balaban J connectivity index is 0.00000208. The molecular weight excluding hydrogens is 344 g/mol. The van der Waals surface area contributed by atoms with Crippen molar-refractivity contribution in [3.8, 4) is 0 Å². The standard InChI is InChI=1S/C18H28N2O2S.ClH/c1-20(17-11-13-19-14-12-17)23(21,22)18-9-7-16(8-10-18)15-5-3-2-4-6-15;/h7-10,15,17,19H,2-6,11-14H2,1H3;1H. The second-order valence-corrected chi connectivity index (χ2v) is 8.90. The molecule has 24 heavy (non-hydrogen) atoms. The van der Waals surface area contributed by atoms with Crippen LogP contribution >= 0.6 is 12.4 Å². The third kappa shape index (κ3) is 4.31. The minimum Gasteiger partial charge on any atom is -0.317 e. The van der Waals surface area contributed by atoms with Crippen molar-refractivity contribution in [2.24, 2.45) is 0 Å². The second-order valence-electron chi connectivity index (χ2n) is 6.91. The minimum atomic E-state index is -3.38. The zero-order valence-corrected chi connectivity index (χ0v) is 16.0. The van der Waals surface area contributed by atoms with Crippen LogP contribution in [0.1, 0.15) is 56.4 Å².